The molecule has 0 bridgehead atoms. The molecule has 1 aliphatic heterocycles. The summed E-state index contributed by atoms with van der Waals surface area (Å²) in [6, 6.07) is 7.77. The van der Waals surface area contributed by atoms with E-state index in [0.717, 1.165) is 36.6 Å². The van der Waals surface area contributed by atoms with Crippen LogP contribution in [0.4, 0.5) is 8.78 Å². The molecule has 10 heteroatoms. The number of hydrogen-bond acceptors (Lipinski definition) is 6. The van der Waals surface area contributed by atoms with Gasteiger partial charge in [0, 0.05) is 48.7 Å². The zero-order valence-corrected chi connectivity index (χ0v) is 19.5. The normalized spacial score (nSPS) is 14.5. The number of aromatic nitrogens is 5. The summed E-state index contributed by atoms with van der Waals surface area (Å²) >= 11 is 0. The molecule has 0 atom stereocenters. The maximum absolute atomic E-state index is 13.9. The minimum atomic E-state index is -0.836. The summed E-state index contributed by atoms with van der Waals surface area (Å²) in [5, 5.41) is 7.99. The molecule has 1 saturated heterocycles. The summed E-state index contributed by atoms with van der Waals surface area (Å²) in [5.74, 6) is -1.03. The van der Waals surface area contributed by atoms with Crippen LogP contribution in [0.2, 0.25) is 0 Å². The highest BCUT2D eigenvalue weighted by atomic mass is 19.1. The van der Waals surface area contributed by atoms with Gasteiger partial charge in [-0.05, 0) is 37.6 Å². The van der Waals surface area contributed by atoms with Crippen LogP contribution in [0.1, 0.15) is 29.6 Å². The SMILES string of the molecule is Cc1cnc(-n2ccc(C3(C)CNC3)n2)cc1-n1c(C)ccc(OCc2ncc(F)cc2F)c1=O. The fraction of sp³-hybridized carbons (Fsp3) is 0.280. The monoisotopic (exact) mass is 478 g/mol. The van der Waals surface area contributed by atoms with Crippen LogP contribution in [-0.4, -0.2) is 37.4 Å². The minimum Gasteiger partial charge on any atom is -0.481 e. The number of hydrogen-bond donors (Lipinski definition) is 1. The van der Waals surface area contributed by atoms with Gasteiger partial charge in [0.1, 0.15) is 18.1 Å². The Morgan fingerprint density at radius 3 is 2.63 bits per heavy atom. The van der Waals surface area contributed by atoms with Crippen LogP contribution in [0.5, 0.6) is 5.75 Å². The van der Waals surface area contributed by atoms with Crippen LogP contribution in [-0.2, 0) is 12.0 Å². The fourth-order valence-electron chi connectivity index (χ4n) is 4.04. The van der Waals surface area contributed by atoms with E-state index in [0.29, 0.717) is 17.2 Å². The van der Waals surface area contributed by atoms with E-state index >= 15 is 0 Å². The molecule has 1 aliphatic rings. The van der Waals surface area contributed by atoms with Crippen LogP contribution in [0.3, 0.4) is 0 Å². The molecule has 5 rings (SSSR count). The molecule has 0 unspecified atom stereocenters. The van der Waals surface area contributed by atoms with Crippen LogP contribution >= 0.6 is 0 Å². The van der Waals surface area contributed by atoms with Gasteiger partial charge in [0.15, 0.2) is 17.4 Å². The second-order valence-corrected chi connectivity index (χ2v) is 8.99. The summed E-state index contributed by atoms with van der Waals surface area (Å²) < 4.78 is 35.9. The molecule has 1 N–H and O–H groups in total. The highest BCUT2D eigenvalue weighted by molar-refractivity contribution is 5.47. The molecule has 0 amide bonds. The predicted molar refractivity (Wildman–Crippen MR) is 125 cm³/mol. The van der Waals surface area contributed by atoms with Gasteiger partial charge in [0.25, 0.3) is 5.56 Å². The lowest BCUT2D eigenvalue weighted by Crippen LogP contribution is -2.54. The Bertz CT molecular complexity index is 1480. The van der Waals surface area contributed by atoms with Gasteiger partial charge < -0.3 is 10.1 Å². The van der Waals surface area contributed by atoms with Gasteiger partial charge in [-0.15, -0.1) is 0 Å². The van der Waals surface area contributed by atoms with Gasteiger partial charge in [0.2, 0.25) is 0 Å². The first kappa shape index (κ1) is 22.9. The van der Waals surface area contributed by atoms with E-state index in [2.05, 4.69) is 22.2 Å². The highest BCUT2D eigenvalue weighted by Crippen LogP contribution is 2.27. The quantitative estimate of drug-likeness (QED) is 0.458. The van der Waals surface area contributed by atoms with Crippen molar-refractivity contribution in [2.75, 3.05) is 13.1 Å². The van der Waals surface area contributed by atoms with Gasteiger partial charge in [-0.3, -0.25) is 14.3 Å². The van der Waals surface area contributed by atoms with E-state index in [4.69, 9.17) is 9.84 Å². The number of pyridine rings is 3. The molecular formula is C25H24F2N6O2. The molecule has 8 nitrogen and oxygen atoms in total. The number of halogens is 2. The van der Waals surface area contributed by atoms with Crippen LogP contribution in [0.15, 0.2) is 53.7 Å². The van der Waals surface area contributed by atoms with Crippen molar-refractivity contribution in [3.05, 3.63) is 93.6 Å². The summed E-state index contributed by atoms with van der Waals surface area (Å²) in [7, 11) is 0. The average Bonchev–Trinajstić information content (AvgIpc) is 3.30. The van der Waals surface area contributed by atoms with Gasteiger partial charge in [-0.1, -0.05) is 6.92 Å². The Hall–Kier alpha value is -3.92. The number of nitrogens with one attached hydrogen (secondary N) is 1. The first-order valence-electron chi connectivity index (χ1n) is 11.1. The van der Waals surface area contributed by atoms with Crippen LogP contribution in [0, 0.1) is 25.5 Å². The number of rotatable bonds is 6. The van der Waals surface area contributed by atoms with Crippen LogP contribution < -0.4 is 15.6 Å². The molecule has 5 heterocycles. The van der Waals surface area contributed by atoms with E-state index in [9.17, 15) is 13.6 Å². The smallest absolute Gasteiger partial charge is 0.297 e. The van der Waals surface area contributed by atoms with E-state index in [-0.39, 0.29) is 23.5 Å². The van der Waals surface area contributed by atoms with Crippen molar-refractivity contribution in [1.29, 1.82) is 0 Å². The van der Waals surface area contributed by atoms with E-state index < -0.39 is 17.2 Å². The Labute approximate surface area is 200 Å². The molecule has 0 aliphatic carbocycles. The van der Waals surface area contributed by atoms with Gasteiger partial charge >= 0.3 is 0 Å². The Morgan fingerprint density at radius 2 is 1.91 bits per heavy atom. The lowest BCUT2D eigenvalue weighted by atomic mass is 9.81. The lowest BCUT2D eigenvalue weighted by Gasteiger charge is -2.37. The predicted octanol–water partition coefficient (Wildman–Crippen LogP) is 3.15. The number of aryl methyl sites for hydroxylation is 2. The van der Waals surface area contributed by atoms with Crippen molar-refractivity contribution in [2.45, 2.75) is 32.8 Å². The second kappa shape index (κ2) is 8.70. The third kappa shape index (κ3) is 4.21. The number of nitrogens with zero attached hydrogens (tertiary/aromatic N) is 5. The summed E-state index contributed by atoms with van der Waals surface area (Å²) in [6.07, 6.45) is 4.45. The Morgan fingerprint density at radius 1 is 1.11 bits per heavy atom. The fourth-order valence-corrected chi connectivity index (χ4v) is 4.04. The molecule has 4 aromatic rings. The molecule has 4 aromatic heterocycles. The maximum atomic E-state index is 13.9. The third-order valence-corrected chi connectivity index (χ3v) is 6.26. The number of ether oxygens (including phenoxy) is 1. The zero-order chi connectivity index (χ0) is 24.7. The van der Waals surface area contributed by atoms with Crippen molar-refractivity contribution in [2.24, 2.45) is 0 Å². The Kier molecular flexibility index (Phi) is 5.68. The Balaban J connectivity index is 1.48. The minimum absolute atomic E-state index is 0.00315. The maximum Gasteiger partial charge on any atom is 0.297 e. The van der Waals surface area contributed by atoms with Crippen molar-refractivity contribution < 1.29 is 13.5 Å². The van der Waals surface area contributed by atoms with Gasteiger partial charge in [-0.2, -0.15) is 5.10 Å². The molecule has 35 heavy (non-hydrogen) atoms. The third-order valence-electron chi connectivity index (χ3n) is 6.26. The molecule has 180 valence electrons. The summed E-state index contributed by atoms with van der Waals surface area (Å²) in [4.78, 5) is 21.6. The molecule has 0 spiro atoms. The van der Waals surface area contributed by atoms with Gasteiger partial charge in [-0.25, -0.2) is 18.4 Å². The molecule has 0 radical (unpaired) electrons. The van der Waals surface area contributed by atoms with E-state index in [1.165, 1.54) is 10.6 Å². The van der Waals surface area contributed by atoms with Crippen molar-refractivity contribution in [3.8, 4) is 17.3 Å². The topological polar surface area (TPSA) is 86.9 Å². The van der Waals surface area contributed by atoms with E-state index in [1.807, 2.05) is 26.1 Å². The van der Waals surface area contributed by atoms with Gasteiger partial charge in [0.05, 0.1) is 17.6 Å². The van der Waals surface area contributed by atoms with E-state index in [1.54, 1.807) is 23.0 Å². The first-order valence-corrected chi connectivity index (χ1v) is 11.1. The summed E-state index contributed by atoms with van der Waals surface area (Å²) in [5.41, 5.74) is 2.56. The van der Waals surface area contributed by atoms with Crippen molar-refractivity contribution in [3.63, 3.8) is 0 Å². The second-order valence-electron chi connectivity index (χ2n) is 8.99. The highest BCUT2D eigenvalue weighted by Gasteiger charge is 2.35. The molecular weight excluding hydrogens is 454 g/mol. The average molecular weight is 479 g/mol. The lowest BCUT2D eigenvalue weighted by molar-refractivity contribution is 0.288. The molecule has 1 fully saturated rings. The van der Waals surface area contributed by atoms with Crippen molar-refractivity contribution >= 4 is 0 Å². The van der Waals surface area contributed by atoms with Crippen molar-refractivity contribution in [1.82, 2.24) is 29.6 Å². The standard InChI is InChI=1S/C25H24F2N6O2/c1-15-10-30-23(32-7-6-22(31-32)25(3)13-28-14-25)9-20(15)33-16(2)4-5-21(24(33)34)35-12-19-18(27)8-17(26)11-29-19/h4-11,28H,12-14H2,1-3H3. The largest absolute Gasteiger partial charge is 0.481 e. The first-order chi connectivity index (χ1) is 16.7. The van der Waals surface area contributed by atoms with Crippen LogP contribution in [0.25, 0.3) is 11.5 Å². The zero-order valence-electron chi connectivity index (χ0n) is 19.5. The summed E-state index contributed by atoms with van der Waals surface area (Å²) in [6.45, 7) is 7.26. The molecule has 0 saturated carbocycles. The molecule has 0 aromatic carbocycles.